The number of thioether (sulfide) groups is 1. The Morgan fingerprint density at radius 3 is 2.71 bits per heavy atom. The van der Waals surface area contributed by atoms with Gasteiger partial charge in [0.05, 0.1) is 12.2 Å². The van der Waals surface area contributed by atoms with Gasteiger partial charge < -0.3 is 10.4 Å². The molecule has 1 aliphatic rings. The van der Waals surface area contributed by atoms with E-state index in [2.05, 4.69) is 12.2 Å². The number of carboxylic acids is 1. The van der Waals surface area contributed by atoms with E-state index in [9.17, 15) is 9.59 Å². The molecule has 4 nitrogen and oxygen atoms in total. The molecule has 2 N–H and O–H groups in total. The summed E-state index contributed by atoms with van der Waals surface area (Å²) in [5.74, 6) is 0.973. The minimum Gasteiger partial charge on any atom is -0.481 e. The van der Waals surface area contributed by atoms with E-state index >= 15 is 0 Å². The van der Waals surface area contributed by atoms with E-state index in [4.69, 9.17) is 5.11 Å². The zero-order valence-corrected chi connectivity index (χ0v) is 11.1. The third-order valence-electron chi connectivity index (χ3n) is 2.81. The minimum atomic E-state index is -0.833. The quantitative estimate of drug-likeness (QED) is 0.621. The van der Waals surface area contributed by atoms with Crippen LogP contribution in [0.25, 0.3) is 0 Å². The molecule has 0 heterocycles. The summed E-state index contributed by atoms with van der Waals surface area (Å²) in [7, 11) is 0. The van der Waals surface area contributed by atoms with Crippen LogP contribution in [-0.4, -0.2) is 34.5 Å². The van der Waals surface area contributed by atoms with Crippen LogP contribution in [0.5, 0.6) is 0 Å². The second-order valence-corrected chi connectivity index (χ2v) is 5.62. The summed E-state index contributed by atoms with van der Waals surface area (Å²) in [5, 5.41) is 11.6. The van der Waals surface area contributed by atoms with Gasteiger partial charge in [0.1, 0.15) is 0 Å². The van der Waals surface area contributed by atoms with E-state index in [1.807, 2.05) is 0 Å². The zero-order valence-electron chi connectivity index (χ0n) is 10.3. The van der Waals surface area contributed by atoms with Gasteiger partial charge in [0.2, 0.25) is 5.91 Å². The molecular formula is C12H21NO3S. The fraction of sp³-hybridized carbons (Fsp3) is 0.833. The van der Waals surface area contributed by atoms with Crippen molar-refractivity contribution < 1.29 is 14.7 Å². The highest BCUT2D eigenvalue weighted by atomic mass is 32.2. The second-order valence-electron chi connectivity index (χ2n) is 4.52. The Morgan fingerprint density at radius 1 is 1.47 bits per heavy atom. The van der Waals surface area contributed by atoms with Crippen molar-refractivity contribution in [2.45, 2.75) is 45.1 Å². The van der Waals surface area contributed by atoms with Gasteiger partial charge in [-0.25, -0.2) is 0 Å². The highest BCUT2D eigenvalue weighted by molar-refractivity contribution is 7.99. The van der Waals surface area contributed by atoms with Crippen molar-refractivity contribution in [3.05, 3.63) is 0 Å². The lowest BCUT2D eigenvalue weighted by Gasteiger charge is -2.15. The predicted molar refractivity (Wildman–Crippen MR) is 69.1 cm³/mol. The molecule has 0 aromatic rings. The van der Waals surface area contributed by atoms with Gasteiger partial charge in [-0.15, -0.1) is 0 Å². The molecule has 1 atom stereocenters. The lowest BCUT2D eigenvalue weighted by atomic mass is 10.1. The molecule has 1 amide bonds. The van der Waals surface area contributed by atoms with E-state index in [1.165, 1.54) is 0 Å². The molecule has 1 fully saturated rings. The second kappa shape index (κ2) is 7.58. The average Bonchev–Trinajstić information content (AvgIpc) is 3.06. The summed E-state index contributed by atoms with van der Waals surface area (Å²) in [4.78, 5) is 22.3. The largest absolute Gasteiger partial charge is 0.481 e. The van der Waals surface area contributed by atoms with Crippen molar-refractivity contribution >= 4 is 23.6 Å². The predicted octanol–water partition coefficient (Wildman–Crippen LogP) is 1.89. The lowest BCUT2D eigenvalue weighted by Crippen LogP contribution is -2.39. The van der Waals surface area contributed by atoms with Gasteiger partial charge in [-0.2, -0.15) is 11.8 Å². The number of aliphatic carboxylic acids is 1. The standard InChI is InChI=1S/C12H21NO3S/c1-2-3-6-17-8-11(14)13-10(7-12(15)16)9-4-5-9/h9-10H,2-8H2,1H3,(H,13,14)(H,15,16). The summed E-state index contributed by atoms with van der Waals surface area (Å²) in [6, 6.07) is -0.160. The van der Waals surface area contributed by atoms with Gasteiger partial charge in [-0.3, -0.25) is 9.59 Å². The number of unbranched alkanes of at least 4 members (excludes halogenated alkanes) is 1. The monoisotopic (exact) mass is 259 g/mol. The third kappa shape index (κ3) is 6.56. The molecule has 0 spiro atoms. The Labute approximate surface area is 107 Å². The maximum absolute atomic E-state index is 11.6. The Morgan fingerprint density at radius 2 is 2.18 bits per heavy atom. The first kappa shape index (κ1) is 14.4. The van der Waals surface area contributed by atoms with Crippen molar-refractivity contribution in [2.75, 3.05) is 11.5 Å². The number of rotatable bonds is 9. The number of nitrogens with one attached hydrogen (secondary N) is 1. The normalized spacial score (nSPS) is 16.5. The van der Waals surface area contributed by atoms with E-state index in [0.29, 0.717) is 11.7 Å². The maximum atomic E-state index is 11.6. The van der Waals surface area contributed by atoms with Crippen molar-refractivity contribution in [3.63, 3.8) is 0 Å². The highest BCUT2D eigenvalue weighted by Gasteiger charge is 2.33. The summed E-state index contributed by atoms with van der Waals surface area (Å²) in [5.41, 5.74) is 0. The van der Waals surface area contributed by atoms with E-state index < -0.39 is 5.97 Å². The van der Waals surface area contributed by atoms with Crippen LogP contribution in [0.3, 0.4) is 0 Å². The van der Waals surface area contributed by atoms with Crippen molar-refractivity contribution in [3.8, 4) is 0 Å². The molecule has 0 aromatic heterocycles. The van der Waals surface area contributed by atoms with Crippen molar-refractivity contribution in [2.24, 2.45) is 5.92 Å². The molecule has 1 saturated carbocycles. The van der Waals surface area contributed by atoms with Gasteiger partial charge in [-0.05, 0) is 30.9 Å². The van der Waals surface area contributed by atoms with Gasteiger partial charge in [0.15, 0.2) is 0 Å². The Kier molecular flexibility index (Phi) is 6.40. The highest BCUT2D eigenvalue weighted by Crippen LogP contribution is 2.34. The van der Waals surface area contributed by atoms with Gasteiger partial charge >= 0.3 is 5.97 Å². The number of amides is 1. The van der Waals surface area contributed by atoms with Crippen LogP contribution in [0.15, 0.2) is 0 Å². The van der Waals surface area contributed by atoms with E-state index in [-0.39, 0.29) is 18.4 Å². The summed E-state index contributed by atoms with van der Waals surface area (Å²) in [6.07, 6.45) is 4.40. The van der Waals surface area contributed by atoms with Crippen LogP contribution in [-0.2, 0) is 9.59 Å². The summed E-state index contributed by atoms with van der Waals surface area (Å²) < 4.78 is 0. The van der Waals surface area contributed by atoms with Gasteiger partial charge in [0, 0.05) is 6.04 Å². The molecular weight excluding hydrogens is 238 g/mol. The van der Waals surface area contributed by atoms with Crippen LogP contribution in [0.1, 0.15) is 39.0 Å². The molecule has 1 unspecified atom stereocenters. The fourth-order valence-corrected chi connectivity index (χ4v) is 2.59. The first-order chi connectivity index (χ1) is 8.13. The smallest absolute Gasteiger partial charge is 0.305 e. The van der Waals surface area contributed by atoms with Gasteiger partial charge in [-0.1, -0.05) is 13.3 Å². The molecule has 1 rings (SSSR count). The van der Waals surface area contributed by atoms with E-state index in [0.717, 1.165) is 31.4 Å². The lowest BCUT2D eigenvalue weighted by molar-refractivity contribution is -0.137. The maximum Gasteiger partial charge on any atom is 0.305 e. The van der Waals surface area contributed by atoms with Crippen molar-refractivity contribution in [1.82, 2.24) is 5.32 Å². The first-order valence-corrected chi connectivity index (χ1v) is 7.37. The fourth-order valence-electron chi connectivity index (χ4n) is 1.68. The molecule has 0 radical (unpaired) electrons. The molecule has 0 aromatic carbocycles. The molecule has 5 heteroatoms. The first-order valence-electron chi connectivity index (χ1n) is 6.22. The zero-order chi connectivity index (χ0) is 12.7. The Bertz CT molecular complexity index is 266. The number of carboxylic acid groups (broad SMARTS) is 1. The van der Waals surface area contributed by atoms with Gasteiger partial charge in [0.25, 0.3) is 0 Å². The van der Waals surface area contributed by atoms with Crippen LogP contribution in [0.2, 0.25) is 0 Å². The average molecular weight is 259 g/mol. The number of carbonyl (C=O) groups is 2. The molecule has 17 heavy (non-hydrogen) atoms. The van der Waals surface area contributed by atoms with Crippen molar-refractivity contribution in [1.29, 1.82) is 0 Å². The third-order valence-corrected chi connectivity index (χ3v) is 3.85. The minimum absolute atomic E-state index is 0.0238. The Hall–Kier alpha value is -0.710. The number of hydrogen-bond acceptors (Lipinski definition) is 3. The van der Waals surface area contributed by atoms with Crippen LogP contribution in [0, 0.1) is 5.92 Å². The van der Waals surface area contributed by atoms with E-state index in [1.54, 1.807) is 11.8 Å². The van der Waals surface area contributed by atoms with Crippen LogP contribution in [0.4, 0.5) is 0 Å². The SMILES string of the molecule is CCCCSCC(=O)NC(CC(=O)O)C1CC1. The van der Waals surface area contributed by atoms with Crippen LogP contribution < -0.4 is 5.32 Å². The van der Waals surface area contributed by atoms with Crippen LogP contribution >= 0.6 is 11.8 Å². The topological polar surface area (TPSA) is 66.4 Å². The molecule has 0 aliphatic heterocycles. The molecule has 0 bridgehead atoms. The number of hydrogen-bond donors (Lipinski definition) is 2. The Balaban J connectivity index is 2.19. The number of carbonyl (C=O) groups excluding carboxylic acids is 1. The summed E-state index contributed by atoms with van der Waals surface area (Å²) >= 11 is 1.62. The summed E-state index contributed by atoms with van der Waals surface area (Å²) in [6.45, 7) is 2.12. The molecule has 0 saturated heterocycles. The molecule has 1 aliphatic carbocycles. The molecule has 98 valence electrons.